The molecule has 6 nitrogen and oxygen atoms in total. The van der Waals surface area contributed by atoms with Crippen LogP contribution in [-0.2, 0) is 25.1 Å². The molecule has 0 aliphatic carbocycles. The van der Waals surface area contributed by atoms with E-state index in [0.717, 1.165) is 17.4 Å². The number of hydrogen-bond acceptors (Lipinski definition) is 5. The van der Waals surface area contributed by atoms with E-state index in [1.165, 1.54) is 12.1 Å². The molecule has 2 rings (SSSR count). The summed E-state index contributed by atoms with van der Waals surface area (Å²) < 4.78 is 27.6. The van der Waals surface area contributed by atoms with Gasteiger partial charge in [0.2, 0.25) is 0 Å². The minimum absolute atomic E-state index is 0.0951. The molecule has 0 aromatic heterocycles. The Bertz CT molecular complexity index is 918. The summed E-state index contributed by atoms with van der Waals surface area (Å²) in [5, 5.41) is 2.86. The van der Waals surface area contributed by atoms with Gasteiger partial charge in [-0.15, -0.1) is 0 Å². The third-order valence-corrected chi connectivity index (χ3v) is 5.03. The summed E-state index contributed by atoms with van der Waals surface area (Å²) in [4.78, 5) is 24.2. The van der Waals surface area contributed by atoms with Crippen LogP contribution in [0, 0.1) is 6.92 Å². The summed E-state index contributed by atoms with van der Waals surface area (Å²) in [6.07, 6.45) is 1.86. The maximum absolute atomic E-state index is 12.1. The lowest BCUT2D eigenvalue weighted by molar-refractivity contribution is -0.125. The summed E-state index contributed by atoms with van der Waals surface area (Å²) in [6, 6.07) is 13.8. The number of hydrogen-bond donors (Lipinski definition) is 1. The summed E-state index contributed by atoms with van der Waals surface area (Å²) in [6.45, 7) is 3.58. The first-order valence-electron chi connectivity index (χ1n) is 8.97. The van der Waals surface area contributed by atoms with Crippen LogP contribution >= 0.6 is 0 Å². The molecule has 0 spiro atoms. The molecule has 150 valence electrons. The topological polar surface area (TPSA) is 89.5 Å². The highest BCUT2D eigenvalue weighted by molar-refractivity contribution is 7.89. The van der Waals surface area contributed by atoms with E-state index in [-0.39, 0.29) is 29.9 Å². The molecule has 2 aromatic carbocycles. The van der Waals surface area contributed by atoms with Gasteiger partial charge >= 0.3 is 5.97 Å². The number of nitrogens with one attached hydrogen (secondary N) is 1. The van der Waals surface area contributed by atoms with E-state index in [1.807, 2.05) is 38.1 Å². The van der Waals surface area contributed by atoms with E-state index in [0.29, 0.717) is 12.0 Å². The quantitative estimate of drug-likeness (QED) is 0.685. The molecule has 0 aliphatic rings. The van der Waals surface area contributed by atoms with Crippen LogP contribution in [0.15, 0.2) is 48.5 Å². The van der Waals surface area contributed by atoms with Gasteiger partial charge in [0.25, 0.3) is 5.91 Å². The summed E-state index contributed by atoms with van der Waals surface area (Å²) in [5.74, 6) is -1.11. The third kappa shape index (κ3) is 6.81. The summed E-state index contributed by atoms with van der Waals surface area (Å²) in [7, 11) is -3.14. The second-order valence-electron chi connectivity index (χ2n) is 6.78. The Hall–Kier alpha value is -2.67. The zero-order valence-corrected chi connectivity index (χ0v) is 17.1. The van der Waals surface area contributed by atoms with Crippen LogP contribution < -0.4 is 5.32 Å². The predicted octanol–water partition coefficient (Wildman–Crippen LogP) is 2.96. The highest BCUT2D eigenvalue weighted by atomic mass is 32.2. The van der Waals surface area contributed by atoms with Crippen molar-refractivity contribution in [1.29, 1.82) is 0 Å². The average molecular weight is 404 g/mol. The largest absolute Gasteiger partial charge is 0.452 e. The first kappa shape index (κ1) is 21.6. The number of amides is 1. The SMILES string of the molecule is CC[C@H](NC(=O)COC(=O)c1ccc(CS(C)(=O)=O)cc1)c1ccc(C)cc1. The molecule has 1 N–H and O–H groups in total. The fourth-order valence-electron chi connectivity index (χ4n) is 2.71. The molecule has 0 radical (unpaired) electrons. The van der Waals surface area contributed by atoms with Gasteiger partial charge in [-0.25, -0.2) is 13.2 Å². The monoisotopic (exact) mass is 403 g/mol. The number of aryl methyl sites for hydroxylation is 1. The molecule has 0 fully saturated rings. The minimum atomic E-state index is -3.14. The normalized spacial score (nSPS) is 12.2. The van der Waals surface area contributed by atoms with Gasteiger partial charge in [0.15, 0.2) is 16.4 Å². The van der Waals surface area contributed by atoms with E-state index in [4.69, 9.17) is 4.74 Å². The van der Waals surface area contributed by atoms with Crippen molar-refractivity contribution < 1.29 is 22.7 Å². The molecule has 28 heavy (non-hydrogen) atoms. The van der Waals surface area contributed by atoms with Gasteiger partial charge in [-0.05, 0) is 36.6 Å². The maximum atomic E-state index is 12.1. The summed E-state index contributed by atoms with van der Waals surface area (Å²) in [5.41, 5.74) is 2.98. The van der Waals surface area contributed by atoms with E-state index < -0.39 is 15.8 Å². The van der Waals surface area contributed by atoms with Crippen LogP contribution in [-0.4, -0.2) is 33.2 Å². The van der Waals surface area contributed by atoms with Gasteiger partial charge in [0.05, 0.1) is 17.4 Å². The van der Waals surface area contributed by atoms with Crippen LogP contribution in [0.1, 0.15) is 46.4 Å². The Morgan fingerprint density at radius 1 is 1.04 bits per heavy atom. The van der Waals surface area contributed by atoms with Gasteiger partial charge in [-0.3, -0.25) is 4.79 Å². The highest BCUT2D eigenvalue weighted by Crippen LogP contribution is 2.17. The number of benzene rings is 2. The minimum Gasteiger partial charge on any atom is -0.452 e. The maximum Gasteiger partial charge on any atom is 0.338 e. The number of esters is 1. The van der Waals surface area contributed by atoms with Crippen LogP contribution in [0.4, 0.5) is 0 Å². The van der Waals surface area contributed by atoms with Crippen molar-refractivity contribution in [3.05, 3.63) is 70.8 Å². The first-order chi connectivity index (χ1) is 13.2. The van der Waals surface area contributed by atoms with Crippen molar-refractivity contribution >= 4 is 21.7 Å². The fraction of sp³-hybridized carbons (Fsp3) is 0.333. The van der Waals surface area contributed by atoms with E-state index >= 15 is 0 Å². The molecule has 0 saturated heterocycles. The van der Waals surface area contributed by atoms with Crippen LogP contribution in [0.5, 0.6) is 0 Å². The zero-order valence-electron chi connectivity index (χ0n) is 16.3. The molecule has 0 saturated carbocycles. The van der Waals surface area contributed by atoms with Crippen molar-refractivity contribution in [3.63, 3.8) is 0 Å². The molecule has 0 bridgehead atoms. The Balaban J connectivity index is 1.89. The van der Waals surface area contributed by atoms with Gasteiger partial charge in [-0.2, -0.15) is 0 Å². The first-order valence-corrected chi connectivity index (χ1v) is 11.0. The van der Waals surface area contributed by atoms with Crippen molar-refractivity contribution in [1.82, 2.24) is 5.32 Å². The van der Waals surface area contributed by atoms with E-state index in [9.17, 15) is 18.0 Å². The van der Waals surface area contributed by atoms with Crippen molar-refractivity contribution in [2.45, 2.75) is 32.1 Å². The molecule has 0 heterocycles. The Morgan fingerprint density at radius 3 is 2.18 bits per heavy atom. The average Bonchev–Trinajstić information content (AvgIpc) is 2.64. The standard InChI is InChI=1S/C21H25NO5S/c1-4-19(17-9-5-15(2)6-10-17)22-20(23)13-27-21(24)18-11-7-16(8-12-18)14-28(3,25)26/h5-12,19H,4,13-14H2,1-3H3,(H,22,23)/t19-/m0/s1. The van der Waals surface area contributed by atoms with Gasteiger partial charge in [0, 0.05) is 6.26 Å². The third-order valence-electron chi connectivity index (χ3n) is 4.18. The van der Waals surface area contributed by atoms with Crippen molar-refractivity contribution in [2.24, 2.45) is 0 Å². The van der Waals surface area contributed by atoms with Crippen LogP contribution in [0.25, 0.3) is 0 Å². The number of rotatable bonds is 8. The fourth-order valence-corrected chi connectivity index (χ4v) is 3.51. The Morgan fingerprint density at radius 2 is 1.64 bits per heavy atom. The van der Waals surface area contributed by atoms with Crippen molar-refractivity contribution in [2.75, 3.05) is 12.9 Å². The molecular weight excluding hydrogens is 378 g/mol. The second kappa shape index (κ2) is 9.50. The van der Waals surface area contributed by atoms with E-state index in [1.54, 1.807) is 12.1 Å². The van der Waals surface area contributed by atoms with Gasteiger partial charge in [-0.1, -0.05) is 48.9 Å². The number of carbonyl (C=O) groups is 2. The molecule has 2 aromatic rings. The second-order valence-corrected chi connectivity index (χ2v) is 8.92. The van der Waals surface area contributed by atoms with Crippen molar-refractivity contribution in [3.8, 4) is 0 Å². The number of carbonyl (C=O) groups excluding carboxylic acids is 2. The van der Waals surface area contributed by atoms with Gasteiger partial charge < -0.3 is 10.1 Å². The molecular formula is C21H25NO5S. The Kier molecular flexibility index (Phi) is 7.34. The molecule has 7 heteroatoms. The van der Waals surface area contributed by atoms with Gasteiger partial charge in [0.1, 0.15) is 0 Å². The molecule has 1 amide bonds. The highest BCUT2D eigenvalue weighted by Gasteiger charge is 2.15. The molecule has 0 unspecified atom stereocenters. The number of sulfone groups is 1. The lowest BCUT2D eigenvalue weighted by atomic mass is 10.0. The number of ether oxygens (including phenoxy) is 1. The lowest BCUT2D eigenvalue weighted by Crippen LogP contribution is -2.32. The van der Waals surface area contributed by atoms with Crippen LogP contribution in [0.3, 0.4) is 0 Å². The van der Waals surface area contributed by atoms with E-state index in [2.05, 4.69) is 5.32 Å². The smallest absolute Gasteiger partial charge is 0.338 e. The molecule has 0 aliphatic heterocycles. The lowest BCUT2D eigenvalue weighted by Gasteiger charge is -2.17. The predicted molar refractivity (Wildman–Crippen MR) is 108 cm³/mol. The molecule has 1 atom stereocenters. The van der Waals surface area contributed by atoms with Crippen LogP contribution in [0.2, 0.25) is 0 Å². The summed E-state index contributed by atoms with van der Waals surface area (Å²) >= 11 is 0. The zero-order chi connectivity index (χ0) is 20.7. The Labute approximate surface area is 165 Å².